The molecule has 2 heterocycles. The standard InChI is InChI=1S/C20H19N3O2S/c1-2-25-16-9-10-17-18(13-16)26-20(21-17)22-19(24)14-5-7-15(8-6-14)23-11-3-4-12-23/h3-10,13H,2,11-12H2,1H3,(H,21,22,24). The van der Waals surface area contributed by atoms with Crippen molar-refractivity contribution in [3.63, 3.8) is 0 Å². The van der Waals surface area contributed by atoms with E-state index in [1.165, 1.54) is 11.3 Å². The molecule has 1 amide bonds. The fourth-order valence-electron chi connectivity index (χ4n) is 2.90. The third-order valence-corrected chi connectivity index (χ3v) is 5.14. The number of aromatic nitrogens is 1. The number of benzene rings is 2. The Hall–Kier alpha value is -2.86. The molecule has 26 heavy (non-hydrogen) atoms. The lowest BCUT2D eigenvalue weighted by atomic mass is 10.2. The highest BCUT2D eigenvalue weighted by atomic mass is 32.1. The molecule has 6 heteroatoms. The molecule has 0 spiro atoms. The van der Waals surface area contributed by atoms with E-state index in [1.807, 2.05) is 49.4 Å². The van der Waals surface area contributed by atoms with Crippen molar-refractivity contribution in [1.82, 2.24) is 4.98 Å². The van der Waals surface area contributed by atoms with E-state index in [0.29, 0.717) is 17.3 Å². The van der Waals surface area contributed by atoms with E-state index >= 15 is 0 Å². The van der Waals surface area contributed by atoms with Gasteiger partial charge in [-0.1, -0.05) is 23.5 Å². The summed E-state index contributed by atoms with van der Waals surface area (Å²) in [4.78, 5) is 19.2. The van der Waals surface area contributed by atoms with E-state index in [4.69, 9.17) is 4.74 Å². The monoisotopic (exact) mass is 365 g/mol. The molecule has 0 unspecified atom stereocenters. The maximum absolute atomic E-state index is 12.5. The van der Waals surface area contributed by atoms with Crippen molar-refractivity contribution < 1.29 is 9.53 Å². The van der Waals surface area contributed by atoms with Gasteiger partial charge in [0.1, 0.15) is 5.75 Å². The minimum atomic E-state index is -0.153. The van der Waals surface area contributed by atoms with E-state index in [1.54, 1.807) is 0 Å². The highest BCUT2D eigenvalue weighted by molar-refractivity contribution is 7.22. The topological polar surface area (TPSA) is 54.5 Å². The molecule has 5 nitrogen and oxygen atoms in total. The van der Waals surface area contributed by atoms with Crippen molar-refractivity contribution in [3.8, 4) is 5.75 Å². The van der Waals surface area contributed by atoms with Gasteiger partial charge in [0.05, 0.1) is 16.8 Å². The van der Waals surface area contributed by atoms with Crippen LogP contribution >= 0.6 is 11.3 Å². The number of nitrogens with zero attached hydrogens (tertiary/aromatic N) is 2. The number of hydrogen-bond donors (Lipinski definition) is 1. The van der Waals surface area contributed by atoms with Gasteiger partial charge in [-0.05, 0) is 49.4 Å². The van der Waals surface area contributed by atoms with E-state index in [-0.39, 0.29) is 5.91 Å². The summed E-state index contributed by atoms with van der Waals surface area (Å²) in [6.07, 6.45) is 4.29. The van der Waals surface area contributed by atoms with Gasteiger partial charge >= 0.3 is 0 Å². The highest BCUT2D eigenvalue weighted by Crippen LogP contribution is 2.29. The smallest absolute Gasteiger partial charge is 0.257 e. The van der Waals surface area contributed by atoms with Crippen LogP contribution in [0.2, 0.25) is 0 Å². The molecule has 0 aliphatic carbocycles. The van der Waals surface area contributed by atoms with E-state index in [0.717, 1.165) is 34.7 Å². The van der Waals surface area contributed by atoms with Crippen LogP contribution in [0.15, 0.2) is 54.6 Å². The quantitative estimate of drug-likeness (QED) is 0.684. The molecule has 132 valence electrons. The number of fused-ring (bicyclic) bond motifs is 1. The van der Waals surface area contributed by atoms with Gasteiger partial charge < -0.3 is 9.64 Å². The number of ether oxygens (including phenoxy) is 1. The largest absolute Gasteiger partial charge is 0.494 e. The summed E-state index contributed by atoms with van der Waals surface area (Å²) in [5, 5.41) is 3.48. The average molecular weight is 365 g/mol. The molecule has 0 fully saturated rings. The van der Waals surface area contributed by atoms with E-state index in [2.05, 4.69) is 27.4 Å². The SMILES string of the molecule is CCOc1ccc2nc(NC(=O)c3ccc(N4CC=CC4)cc3)sc2c1. The Bertz CT molecular complexity index is 955. The number of nitrogens with one attached hydrogen (secondary N) is 1. The summed E-state index contributed by atoms with van der Waals surface area (Å²) >= 11 is 1.44. The van der Waals surface area contributed by atoms with Gasteiger partial charge in [-0.15, -0.1) is 0 Å². The zero-order chi connectivity index (χ0) is 17.9. The molecular formula is C20H19N3O2S. The van der Waals surface area contributed by atoms with Crippen LogP contribution in [0.3, 0.4) is 0 Å². The Morgan fingerprint density at radius 1 is 1.19 bits per heavy atom. The maximum Gasteiger partial charge on any atom is 0.257 e. The van der Waals surface area contributed by atoms with Crippen LogP contribution in [-0.4, -0.2) is 30.6 Å². The molecule has 2 aromatic carbocycles. The van der Waals surface area contributed by atoms with Gasteiger partial charge in [0.25, 0.3) is 5.91 Å². The fourth-order valence-corrected chi connectivity index (χ4v) is 3.79. The van der Waals surface area contributed by atoms with Crippen LogP contribution in [0, 0.1) is 0 Å². The van der Waals surface area contributed by atoms with E-state index < -0.39 is 0 Å². The number of hydrogen-bond acceptors (Lipinski definition) is 5. The maximum atomic E-state index is 12.5. The van der Waals surface area contributed by atoms with Gasteiger partial charge in [-0.25, -0.2) is 4.98 Å². The molecule has 4 rings (SSSR count). The average Bonchev–Trinajstić information content (AvgIpc) is 3.31. The molecule has 0 saturated carbocycles. The second-order valence-corrected chi connectivity index (χ2v) is 6.99. The number of amides is 1. The minimum Gasteiger partial charge on any atom is -0.494 e. The summed E-state index contributed by atoms with van der Waals surface area (Å²) in [6, 6.07) is 13.4. The first kappa shape index (κ1) is 16.6. The van der Waals surface area contributed by atoms with Gasteiger partial charge in [0.2, 0.25) is 0 Å². The zero-order valence-corrected chi connectivity index (χ0v) is 15.3. The van der Waals surface area contributed by atoms with Crippen LogP contribution in [0.4, 0.5) is 10.8 Å². The Kier molecular flexibility index (Phi) is 4.58. The second-order valence-electron chi connectivity index (χ2n) is 5.96. The molecule has 1 N–H and O–H groups in total. The molecule has 1 aliphatic rings. The number of carbonyl (C=O) groups is 1. The zero-order valence-electron chi connectivity index (χ0n) is 14.4. The second kappa shape index (κ2) is 7.17. The predicted octanol–water partition coefficient (Wildman–Crippen LogP) is 4.32. The van der Waals surface area contributed by atoms with Crippen LogP contribution in [0.1, 0.15) is 17.3 Å². The lowest BCUT2D eigenvalue weighted by molar-refractivity contribution is 0.102. The Morgan fingerprint density at radius 2 is 1.96 bits per heavy atom. The molecule has 0 radical (unpaired) electrons. The Balaban J connectivity index is 1.47. The van der Waals surface area contributed by atoms with E-state index in [9.17, 15) is 4.79 Å². The van der Waals surface area contributed by atoms with Crippen LogP contribution in [0.25, 0.3) is 10.2 Å². The van der Waals surface area contributed by atoms with Crippen LogP contribution < -0.4 is 15.0 Å². The lowest BCUT2D eigenvalue weighted by Gasteiger charge is -2.17. The van der Waals surface area contributed by atoms with Crippen molar-refractivity contribution in [2.45, 2.75) is 6.92 Å². The normalized spacial score (nSPS) is 13.3. The number of anilines is 2. The van der Waals surface area contributed by atoms with Gasteiger partial charge in [0, 0.05) is 24.3 Å². The van der Waals surface area contributed by atoms with Crippen molar-refractivity contribution in [1.29, 1.82) is 0 Å². The third kappa shape index (κ3) is 3.41. The number of rotatable bonds is 5. The van der Waals surface area contributed by atoms with Crippen molar-refractivity contribution in [2.24, 2.45) is 0 Å². The first-order valence-corrected chi connectivity index (χ1v) is 9.39. The van der Waals surface area contributed by atoms with Crippen molar-refractivity contribution in [2.75, 3.05) is 29.9 Å². The molecule has 1 aromatic heterocycles. The summed E-state index contributed by atoms with van der Waals surface area (Å²) in [7, 11) is 0. The first-order chi connectivity index (χ1) is 12.7. The van der Waals surface area contributed by atoms with Crippen LogP contribution in [0.5, 0.6) is 5.75 Å². The molecule has 3 aromatic rings. The molecule has 0 bridgehead atoms. The predicted molar refractivity (Wildman–Crippen MR) is 107 cm³/mol. The van der Waals surface area contributed by atoms with Gasteiger partial charge in [-0.3, -0.25) is 10.1 Å². The van der Waals surface area contributed by atoms with Crippen molar-refractivity contribution >= 4 is 38.3 Å². The van der Waals surface area contributed by atoms with Gasteiger partial charge in [0.15, 0.2) is 5.13 Å². The van der Waals surface area contributed by atoms with Crippen molar-refractivity contribution in [3.05, 3.63) is 60.2 Å². The van der Waals surface area contributed by atoms with Gasteiger partial charge in [-0.2, -0.15) is 0 Å². The summed E-state index contributed by atoms with van der Waals surface area (Å²) < 4.78 is 6.50. The third-order valence-electron chi connectivity index (χ3n) is 4.20. The molecule has 0 atom stereocenters. The van der Waals surface area contributed by atoms with Crippen LogP contribution in [-0.2, 0) is 0 Å². The first-order valence-electron chi connectivity index (χ1n) is 8.57. The Labute approximate surface area is 155 Å². The fraction of sp³-hybridized carbons (Fsp3) is 0.200. The highest BCUT2D eigenvalue weighted by Gasteiger charge is 2.12. The summed E-state index contributed by atoms with van der Waals surface area (Å²) in [5.74, 6) is 0.661. The Morgan fingerprint density at radius 3 is 2.69 bits per heavy atom. The molecule has 1 aliphatic heterocycles. The molecule has 0 saturated heterocycles. The number of carbonyl (C=O) groups excluding carboxylic acids is 1. The molecular weight excluding hydrogens is 346 g/mol. The lowest BCUT2D eigenvalue weighted by Crippen LogP contribution is -2.18. The summed E-state index contributed by atoms with van der Waals surface area (Å²) in [6.45, 7) is 4.41. The summed E-state index contributed by atoms with van der Waals surface area (Å²) in [5.41, 5.74) is 2.59. The number of thiazole rings is 1. The minimum absolute atomic E-state index is 0.153.